The Bertz CT molecular complexity index is 800. The Kier molecular flexibility index (Phi) is 4.08. The standard InChI is InChI=1S/C16H16N4O3/c1-2-13-10-19(5-6-23-13)16-7-11(9-17)14-8-12(20(21)22)3-4-15(14)18-16/h3-4,7-8,13H,2,5-6,10H2,1H3. The maximum atomic E-state index is 10.9. The number of nitrogens with zero attached hydrogens (tertiary/aromatic N) is 4. The monoisotopic (exact) mass is 312 g/mol. The lowest BCUT2D eigenvalue weighted by atomic mass is 10.1. The Labute approximate surface area is 133 Å². The molecule has 0 N–H and O–H groups in total. The van der Waals surface area contributed by atoms with Crippen LogP contribution < -0.4 is 4.90 Å². The molecule has 1 saturated heterocycles. The minimum Gasteiger partial charge on any atom is -0.375 e. The molecule has 23 heavy (non-hydrogen) atoms. The third kappa shape index (κ3) is 2.94. The van der Waals surface area contributed by atoms with E-state index in [1.165, 1.54) is 12.1 Å². The van der Waals surface area contributed by atoms with Crippen molar-refractivity contribution in [2.45, 2.75) is 19.4 Å². The predicted octanol–water partition coefficient (Wildman–Crippen LogP) is 2.63. The molecule has 2 aromatic rings. The maximum absolute atomic E-state index is 10.9. The zero-order chi connectivity index (χ0) is 16.4. The molecule has 1 unspecified atom stereocenters. The van der Waals surface area contributed by atoms with Crippen LogP contribution in [0.1, 0.15) is 18.9 Å². The van der Waals surface area contributed by atoms with E-state index in [0.29, 0.717) is 35.4 Å². The molecule has 0 saturated carbocycles. The van der Waals surface area contributed by atoms with Gasteiger partial charge in [-0.15, -0.1) is 0 Å². The van der Waals surface area contributed by atoms with Crippen molar-refractivity contribution in [3.8, 4) is 6.07 Å². The molecule has 1 fully saturated rings. The van der Waals surface area contributed by atoms with Gasteiger partial charge in [-0.2, -0.15) is 5.26 Å². The minimum atomic E-state index is -0.470. The van der Waals surface area contributed by atoms with Gasteiger partial charge in [0, 0.05) is 30.6 Å². The van der Waals surface area contributed by atoms with E-state index < -0.39 is 4.92 Å². The first-order valence-electron chi connectivity index (χ1n) is 7.48. The minimum absolute atomic E-state index is 0.0408. The summed E-state index contributed by atoms with van der Waals surface area (Å²) in [5.74, 6) is 0.713. The number of non-ortho nitro benzene ring substituents is 1. The number of fused-ring (bicyclic) bond motifs is 1. The first-order valence-corrected chi connectivity index (χ1v) is 7.48. The van der Waals surface area contributed by atoms with Crippen LogP contribution in [0.15, 0.2) is 24.3 Å². The van der Waals surface area contributed by atoms with E-state index in [9.17, 15) is 15.4 Å². The normalized spacial score (nSPS) is 17.9. The first kappa shape index (κ1) is 15.2. The van der Waals surface area contributed by atoms with E-state index >= 15 is 0 Å². The average molecular weight is 312 g/mol. The molecule has 1 aromatic heterocycles. The number of hydrogen-bond donors (Lipinski definition) is 0. The fourth-order valence-corrected chi connectivity index (χ4v) is 2.74. The summed E-state index contributed by atoms with van der Waals surface area (Å²) in [5.41, 5.74) is 0.943. The van der Waals surface area contributed by atoms with Crippen LogP contribution in [0.2, 0.25) is 0 Å². The van der Waals surface area contributed by atoms with Crippen LogP contribution >= 0.6 is 0 Å². The summed E-state index contributed by atoms with van der Waals surface area (Å²) in [6, 6.07) is 8.22. The van der Waals surface area contributed by atoms with Gasteiger partial charge in [0.15, 0.2) is 0 Å². The summed E-state index contributed by atoms with van der Waals surface area (Å²) in [6.45, 7) is 4.14. The Morgan fingerprint density at radius 2 is 2.35 bits per heavy atom. The van der Waals surface area contributed by atoms with Gasteiger partial charge in [0.2, 0.25) is 0 Å². The van der Waals surface area contributed by atoms with Crippen molar-refractivity contribution < 1.29 is 9.66 Å². The van der Waals surface area contributed by atoms with Crippen LogP contribution in [0.5, 0.6) is 0 Å². The number of hydrogen-bond acceptors (Lipinski definition) is 6. The second-order valence-corrected chi connectivity index (χ2v) is 5.45. The van der Waals surface area contributed by atoms with Crippen molar-refractivity contribution >= 4 is 22.4 Å². The van der Waals surface area contributed by atoms with Gasteiger partial charge in [0.05, 0.1) is 34.8 Å². The van der Waals surface area contributed by atoms with Crippen molar-refractivity contribution in [2.24, 2.45) is 0 Å². The van der Waals surface area contributed by atoms with Gasteiger partial charge in [0.1, 0.15) is 5.82 Å². The highest BCUT2D eigenvalue weighted by molar-refractivity contribution is 5.88. The number of pyridine rings is 1. The number of nitriles is 1. The zero-order valence-corrected chi connectivity index (χ0v) is 12.7. The molecule has 2 heterocycles. The number of morpholine rings is 1. The molecule has 0 aliphatic carbocycles. The van der Waals surface area contributed by atoms with Gasteiger partial charge in [0.25, 0.3) is 5.69 Å². The predicted molar refractivity (Wildman–Crippen MR) is 85.4 cm³/mol. The molecule has 7 heteroatoms. The van der Waals surface area contributed by atoms with Gasteiger partial charge in [-0.25, -0.2) is 4.98 Å². The average Bonchev–Trinajstić information content (AvgIpc) is 2.60. The van der Waals surface area contributed by atoms with Crippen molar-refractivity contribution in [2.75, 3.05) is 24.6 Å². The molecule has 7 nitrogen and oxygen atoms in total. The maximum Gasteiger partial charge on any atom is 0.270 e. The lowest BCUT2D eigenvalue weighted by Gasteiger charge is -2.33. The molecule has 1 aromatic carbocycles. The molecule has 3 rings (SSSR count). The van der Waals surface area contributed by atoms with E-state index in [1.807, 2.05) is 0 Å². The fourth-order valence-electron chi connectivity index (χ4n) is 2.74. The van der Waals surface area contributed by atoms with Gasteiger partial charge in [-0.05, 0) is 18.6 Å². The van der Waals surface area contributed by atoms with Crippen LogP contribution in [0.3, 0.4) is 0 Å². The van der Waals surface area contributed by atoms with Crippen molar-refractivity contribution in [3.05, 3.63) is 39.9 Å². The van der Waals surface area contributed by atoms with E-state index in [2.05, 4.69) is 22.9 Å². The number of nitro benzene ring substituents is 1. The second kappa shape index (κ2) is 6.18. The van der Waals surface area contributed by atoms with E-state index in [4.69, 9.17) is 4.74 Å². The highest BCUT2D eigenvalue weighted by atomic mass is 16.6. The Balaban J connectivity index is 2.05. The highest BCUT2D eigenvalue weighted by Gasteiger charge is 2.21. The van der Waals surface area contributed by atoms with Crippen LogP contribution in [0.25, 0.3) is 10.9 Å². The topological polar surface area (TPSA) is 92.3 Å². The third-order valence-electron chi connectivity index (χ3n) is 4.03. The lowest BCUT2D eigenvalue weighted by Crippen LogP contribution is -2.42. The fraction of sp³-hybridized carbons (Fsp3) is 0.375. The van der Waals surface area contributed by atoms with E-state index in [0.717, 1.165) is 13.0 Å². The van der Waals surface area contributed by atoms with Crippen LogP contribution in [-0.4, -0.2) is 35.7 Å². The van der Waals surface area contributed by atoms with E-state index in [-0.39, 0.29) is 11.8 Å². The number of ether oxygens (including phenoxy) is 1. The molecule has 1 aliphatic heterocycles. The Morgan fingerprint density at radius 1 is 1.52 bits per heavy atom. The third-order valence-corrected chi connectivity index (χ3v) is 4.03. The molecular weight excluding hydrogens is 296 g/mol. The smallest absolute Gasteiger partial charge is 0.270 e. The molecule has 0 amide bonds. The first-order chi connectivity index (χ1) is 11.1. The van der Waals surface area contributed by atoms with Crippen LogP contribution in [0.4, 0.5) is 11.5 Å². The summed E-state index contributed by atoms with van der Waals surface area (Å²) < 4.78 is 5.66. The summed E-state index contributed by atoms with van der Waals surface area (Å²) in [6.07, 6.45) is 1.07. The molecule has 0 radical (unpaired) electrons. The van der Waals surface area contributed by atoms with Crippen molar-refractivity contribution in [1.29, 1.82) is 5.26 Å². The van der Waals surface area contributed by atoms with Gasteiger partial charge >= 0.3 is 0 Å². The summed E-state index contributed by atoms with van der Waals surface area (Å²) in [7, 11) is 0. The van der Waals surface area contributed by atoms with Gasteiger partial charge in [-0.1, -0.05) is 6.92 Å². The summed E-state index contributed by atoms with van der Waals surface area (Å²) in [4.78, 5) is 17.1. The Morgan fingerprint density at radius 3 is 3.04 bits per heavy atom. The molecule has 0 bridgehead atoms. The molecular formula is C16H16N4O3. The summed E-state index contributed by atoms with van der Waals surface area (Å²) in [5, 5.41) is 20.8. The number of nitro groups is 1. The largest absolute Gasteiger partial charge is 0.375 e. The van der Waals surface area contributed by atoms with Crippen molar-refractivity contribution in [3.63, 3.8) is 0 Å². The Hall–Kier alpha value is -2.72. The second-order valence-electron chi connectivity index (χ2n) is 5.45. The number of anilines is 1. The molecule has 118 valence electrons. The van der Waals surface area contributed by atoms with Crippen molar-refractivity contribution in [1.82, 2.24) is 4.98 Å². The zero-order valence-electron chi connectivity index (χ0n) is 12.7. The van der Waals surface area contributed by atoms with Gasteiger partial charge in [-0.3, -0.25) is 10.1 Å². The molecule has 1 aliphatic rings. The van der Waals surface area contributed by atoms with Crippen LogP contribution in [-0.2, 0) is 4.74 Å². The summed E-state index contributed by atoms with van der Waals surface area (Å²) >= 11 is 0. The lowest BCUT2D eigenvalue weighted by molar-refractivity contribution is -0.384. The van der Waals surface area contributed by atoms with Gasteiger partial charge < -0.3 is 9.64 Å². The molecule has 0 spiro atoms. The number of benzene rings is 1. The quantitative estimate of drug-likeness (QED) is 0.639. The van der Waals surface area contributed by atoms with E-state index in [1.54, 1.807) is 12.1 Å². The number of aromatic nitrogens is 1. The number of rotatable bonds is 3. The SMILES string of the molecule is CCC1CN(c2cc(C#N)c3cc([N+](=O)[O-])ccc3n2)CCO1. The molecule has 1 atom stereocenters. The van der Waals surface area contributed by atoms with Crippen LogP contribution in [0, 0.1) is 21.4 Å². The highest BCUT2D eigenvalue weighted by Crippen LogP contribution is 2.27.